The Kier molecular flexibility index (Phi) is 5.13. The summed E-state index contributed by atoms with van der Waals surface area (Å²) >= 11 is 0. The third-order valence-electron chi connectivity index (χ3n) is 6.44. The molecule has 1 aromatic rings. The van der Waals surface area contributed by atoms with Crippen LogP contribution in [0, 0.1) is 11.8 Å². The summed E-state index contributed by atoms with van der Waals surface area (Å²) in [5.41, 5.74) is 0.548. The third kappa shape index (κ3) is 3.97. The van der Waals surface area contributed by atoms with Crippen LogP contribution in [-0.4, -0.2) is 36.8 Å². The molecule has 1 N–H and O–H groups in total. The highest BCUT2D eigenvalue weighted by Crippen LogP contribution is 2.45. The summed E-state index contributed by atoms with van der Waals surface area (Å²) in [6, 6.07) is 10.5. The lowest BCUT2D eigenvalue weighted by atomic mass is 9.68. The second-order valence-corrected chi connectivity index (χ2v) is 8.66. The van der Waals surface area contributed by atoms with Gasteiger partial charge in [-0.3, -0.25) is 0 Å². The highest BCUT2D eigenvalue weighted by molar-refractivity contribution is 5.23. The van der Waals surface area contributed by atoms with Gasteiger partial charge in [0.25, 0.3) is 0 Å². The highest BCUT2D eigenvalue weighted by Gasteiger charge is 2.41. The molecule has 1 aromatic carbocycles. The van der Waals surface area contributed by atoms with E-state index < -0.39 is 5.60 Å². The minimum atomic E-state index is -0.610. The second kappa shape index (κ2) is 6.94. The summed E-state index contributed by atoms with van der Waals surface area (Å²) in [6.45, 7) is 2.50. The number of nitrogens with zero attached hydrogens (tertiary/aromatic N) is 1. The Morgan fingerprint density at radius 2 is 1.57 bits per heavy atom. The summed E-state index contributed by atoms with van der Waals surface area (Å²) in [5.74, 6) is 1.12. The fraction of sp³-hybridized carbons (Fsp3) is 0.714. The summed E-state index contributed by atoms with van der Waals surface area (Å²) < 4.78 is 1.14. The molecule has 2 heteroatoms. The molecule has 1 unspecified atom stereocenters. The van der Waals surface area contributed by atoms with Gasteiger partial charge in [-0.15, -0.1) is 0 Å². The number of piperidine rings is 1. The Hall–Kier alpha value is -0.860. The van der Waals surface area contributed by atoms with Crippen molar-refractivity contribution in [1.29, 1.82) is 0 Å². The molecule has 0 radical (unpaired) electrons. The summed E-state index contributed by atoms with van der Waals surface area (Å²) in [4.78, 5) is 0. The van der Waals surface area contributed by atoms with Gasteiger partial charge in [-0.05, 0) is 49.5 Å². The van der Waals surface area contributed by atoms with Crippen molar-refractivity contribution in [2.75, 3.05) is 27.2 Å². The SMILES string of the molecule is C[N+]1(C)CCC(CC(O)(c2ccccc2)C2CCCCC2)CC1. The van der Waals surface area contributed by atoms with Gasteiger partial charge < -0.3 is 9.59 Å². The van der Waals surface area contributed by atoms with Crippen LogP contribution in [0.15, 0.2) is 30.3 Å². The molecule has 3 rings (SSSR count). The Balaban J connectivity index is 1.78. The first-order chi connectivity index (χ1) is 11.0. The van der Waals surface area contributed by atoms with Crippen LogP contribution in [0.3, 0.4) is 0 Å². The molecule has 128 valence electrons. The minimum absolute atomic E-state index is 0.447. The van der Waals surface area contributed by atoms with Crippen LogP contribution in [0.5, 0.6) is 0 Å². The van der Waals surface area contributed by atoms with Crippen molar-refractivity contribution < 1.29 is 9.59 Å². The Labute approximate surface area is 142 Å². The molecule has 0 amide bonds. The predicted octanol–water partition coefficient (Wildman–Crippen LogP) is 4.33. The Morgan fingerprint density at radius 1 is 0.957 bits per heavy atom. The number of benzene rings is 1. The first-order valence-corrected chi connectivity index (χ1v) is 9.59. The highest BCUT2D eigenvalue weighted by atomic mass is 16.3. The molecule has 0 aromatic heterocycles. The van der Waals surface area contributed by atoms with E-state index in [0.717, 1.165) is 16.5 Å². The zero-order chi connectivity index (χ0) is 16.3. The van der Waals surface area contributed by atoms with Crippen molar-refractivity contribution >= 4 is 0 Å². The lowest BCUT2D eigenvalue weighted by molar-refractivity contribution is -0.896. The van der Waals surface area contributed by atoms with Crippen LogP contribution in [0.25, 0.3) is 0 Å². The van der Waals surface area contributed by atoms with Gasteiger partial charge >= 0.3 is 0 Å². The molecular formula is C21H34NO+. The van der Waals surface area contributed by atoms with Crippen LogP contribution < -0.4 is 0 Å². The number of hydrogen-bond acceptors (Lipinski definition) is 1. The number of hydrogen-bond donors (Lipinski definition) is 1. The van der Waals surface area contributed by atoms with Gasteiger partial charge in [-0.25, -0.2) is 0 Å². The number of quaternary nitrogens is 1. The van der Waals surface area contributed by atoms with Crippen LogP contribution >= 0.6 is 0 Å². The lowest BCUT2D eigenvalue weighted by Crippen LogP contribution is -2.48. The molecule has 2 fully saturated rings. The molecule has 2 aliphatic rings. The zero-order valence-corrected chi connectivity index (χ0v) is 15.0. The molecule has 1 aliphatic carbocycles. The molecular weight excluding hydrogens is 282 g/mol. The van der Waals surface area contributed by atoms with E-state index in [9.17, 15) is 5.11 Å². The number of likely N-dealkylation sites (tertiary alicyclic amines) is 1. The fourth-order valence-electron chi connectivity index (χ4n) is 4.79. The van der Waals surface area contributed by atoms with Crippen molar-refractivity contribution in [3.05, 3.63) is 35.9 Å². The van der Waals surface area contributed by atoms with Crippen molar-refractivity contribution in [2.24, 2.45) is 11.8 Å². The average Bonchev–Trinajstić information content (AvgIpc) is 2.58. The van der Waals surface area contributed by atoms with Crippen LogP contribution in [-0.2, 0) is 5.60 Å². The summed E-state index contributed by atoms with van der Waals surface area (Å²) in [5, 5.41) is 11.8. The van der Waals surface area contributed by atoms with Gasteiger partial charge in [0.05, 0.1) is 32.8 Å². The van der Waals surface area contributed by atoms with E-state index >= 15 is 0 Å². The minimum Gasteiger partial charge on any atom is -0.385 e. The van der Waals surface area contributed by atoms with Gasteiger partial charge in [0.1, 0.15) is 0 Å². The van der Waals surface area contributed by atoms with Crippen molar-refractivity contribution in [3.63, 3.8) is 0 Å². The molecule has 0 spiro atoms. The zero-order valence-electron chi connectivity index (χ0n) is 15.0. The Bertz CT molecular complexity index is 482. The van der Waals surface area contributed by atoms with E-state index in [2.05, 4.69) is 44.4 Å². The van der Waals surface area contributed by atoms with Gasteiger partial charge in [0.2, 0.25) is 0 Å². The van der Waals surface area contributed by atoms with Gasteiger partial charge in [-0.2, -0.15) is 0 Å². The lowest BCUT2D eigenvalue weighted by Gasteiger charge is -2.44. The second-order valence-electron chi connectivity index (χ2n) is 8.66. The van der Waals surface area contributed by atoms with Crippen molar-refractivity contribution in [2.45, 2.75) is 57.0 Å². The monoisotopic (exact) mass is 316 g/mol. The molecule has 1 saturated heterocycles. The average molecular weight is 317 g/mol. The van der Waals surface area contributed by atoms with E-state index in [4.69, 9.17) is 0 Å². The first kappa shape index (κ1) is 17.0. The van der Waals surface area contributed by atoms with Gasteiger partial charge in [-0.1, -0.05) is 49.6 Å². The molecule has 1 saturated carbocycles. The van der Waals surface area contributed by atoms with Gasteiger partial charge in [0, 0.05) is 0 Å². The van der Waals surface area contributed by atoms with E-state index in [-0.39, 0.29) is 0 Å². The standard InChI is InChI=1S/C21H34NO/c1-22(2)15-13-18(14-16-22)17-21(23,19-9-5-3-6-10-19)20-11-7-4-8-12-20/h3,5-6,9-10,18,20,23H,4,7-8,11-17H2,1-2H3/q+1. The number of rotatable bonds is 4. The van der Waals surface area contributed by atoms with E-state index in [0.29, 0.717) is 11.8 Å². The molecule has 1 aliphatic heterocycles. The molecule has 2 nitrogen and oxygen atoms in total. The van der Waals surface area contributed by atoms with E-state index in [1.165, 1.54) is 58.0 Å². The molecule has 0 bridgehead atoms. The molecule has 1 heterocycles. The van der Waals surface area contributed by atoms with E-state index in [1.54, 1.807) is 0 Å². The topological polar surface area (TPSA) is 20.2 Å². The molecule has 1 atom stereocenters. The summed E-state index contributed by atoms with van der Waals surface area (Å²) in [7, 11) is 4.67. The third-order valence-corrected chi connectivity index (χ3v) is 6.44. The molecule has 23 heavy (non-hydrogen) atoms. The van der Waals surface area contributed by atoms with E-state index in [1.807, 2.05) is 0 Å². The predicted molar refractivity (Wildman–Crippen MR) is 96.1 cm³/mol. The smallest absolute Gasteiger partial charge is 0.0927 e. The van der Waals surface area contributed by atoms with Crippen LogP contribution in [0.4, 0.5) is 0 Å². The van der Waals surface area contributed by atoms with Gasteiger partial charge in [0.15, 0.2) is 0 Å². The summed E-state index contributed by atoms with van der Waals surface area (Å²) in [6.07, 6.45) is 9.78. The Morgan fingerprint density at radius 3 is 2.17 bits per heavy atom. The maximum atomic E-state index is 11.8. The van der Waals surface area contributed by atoms with Crippen molar-refractivity contribution in [3.8, 4) is 0 Å². The van der Waals surface area contributed by atoms with Crippen molar-refractivity contribution in [1.82, 2.24) is 0 Å². The normalized spacial score (nSPS) is 25.9. The maximum Gasteiger partial charge on any atom is 0.0927 e. The van der Waals surface area contributed by atoms with Crippen LogP contribution in [0.2, 0.25) is 0 Å². The fourth-order valence-corrected chi connectivity index (χ4v) is 4.79. The largest absolute Gasteiger partial charge is 0.385 e. The first-order valence-electron chi connectivity index (χ1n) is 9.59. The van der Waals surface area contributed by atoms with Crippen LogP contribution in [0.1, 0.15) is 56.9 Å². The number of aliphatic hydroxyl groups is 1. The quantitative estimate of drug-likeness (QED) is 0.820. The maximum absolute atomic E-state index is 11.8.